The first kappa shape index (κ1) is 32.0. The molecule has 5 aliphatic carbocycles. The Hall–Kier alpha value is -0.990. The van der Waals surface area contributed by atoms with E-state index in [4.69, 9.17) is 14.2 Å². The zero-order valence-corrected chi connectivity index (χ0v) is 28.1. The monoisotopic (exact) mass is 602 g/mol. The van der Waals surface area contributed by atoms with Crippen LogP contribution in [-0.2, 0) is 19.0 Å². The summed E-state index contributed by atoms with van der Waals surface area (Å²) in [7, 11) is 1.70. The maximum atomic E-state index is 12.7. The van der Waals surface area contributed by atoms with Gasteiger partial charge in [-0.3, -0.25) is 0 Å². The van der Waals surface area contributed by atoms with Crippen molar-refractivity contribution in [1.29, 1.82) is 0 Å². The van der Waals surface area contributed by atoms with Crippen LogP contribution < -0.4 is 0 Å². The number of methoxy groups -OCH3 is 1. The molecule has 0 aromatic heterocycles. The van der Waals surface area contributed by atoms with Crippen LogP contribution in [0.5, 0.6) is 0 Å². The predicted molar refractivity (Wildman–Crippen MR) is 164 cm³/mol. The normalized spacial score (nSPS) is 50.5. The molecule has 0 aromatic rings. The Kier molecular flexibility index (Phi) is 7.44. The second-order valence-corrected chi connectivity index (χ2v) is 17.5. The summed E-state index contributed by atoms with van der Waals surface area (Å²) in [5.41, 5.74) is -0.320. The van der Waals surface area contributed by atoms with Gasteiger partial charge < -0.3 is 29.5 Å². The summed E-state index contributed by atoms with van der Waals surface area (Å²) in [5.74, 6) is 1.04. The fraction of sp³-hybridized carbons (Fsp3) is 0.917. The van der Waals surface area contributed by atoms with Crippen LogP contribution >= 0.6 is 0 Å². The molecule has 43 heavy (non-hydrogen) atoms. The van der Waals surface area contributed by atoms with Crippen molar-refractivity contribution in [2.75, 3.05) is 7.11 Å². The third kappa shape index (κ3) is 4.26. The van der Waals surface area contributed by atoms with Crippen LogP contribution in [0.1, 0.15) is 113 Å². The average molecular weight is 603 g/mol. The van der Waals surface area contributed by atoms with Gasteiger partial charge in [-0.1, -0.05) is 33.3 Å². The van der Waals surface area contributed by atoms with E-state index in [0.717, 1.165) is 56.9 Å². The third-order valence-corrected chi connectivity index (χ3v) is 14.7. The van der Waals surface area contributed by atoms with E-state index in [-0.39, 0.29) is 57.3 Å². The number of allylic oxidation sites excluding steroid dienone is 1. The summed E-state index contributed by atoms with van der Waals surface area (Å²) in [6, 6.07) is 0. The number of aliphatic hydroxyl groups excluding tert-OH is 2. The number of carbonyl (C=O) groups excluding carboxylic acids is 1. The molecule has 1 saturated heterocycles. The van der Waals surface area contributed by atoms with Crippen LogP contribution in [0.25, 0.3) is 0 Å². The van der Waals surface area contributed by atoms with Gasteiger partial charge >= 0.3 is 5.97 Å². The van der Waals surface area contributed by atoms with E-state index in [2.05, 4.69) is 27.7 Å². The number of rotatable bonds is 6. The largest absolute Gasteiger partial charge is 0.459 e. The van der Waals surface area contributed by atoms with Gasteiger partial charge in [-0.2, -0.15) is 0 Å². The number of hydrogen-bond acceptors (Lipinski definition) is 7. The Labute approximate surface area is 259 Å². The molecule has 0 amide bonds. The van der Waals surface area contributed by atoms with Crippen LogP contribution in [0.3, 0.4) is 0 Å². The molecule has 3 N–H and O–H groups in total. The minimum absolute atomic E-state index is 0.0753. The van der Waals surface area contributed by atoms with Crippen LogP contribution in [0.4, 0.5) is 0 Å². The Bertz CT molecular complexity index is 1150. The second-order valence-electron chi connectivity index (χ2n) is 17.5. The van der Waals surface area contributed by atoms with Crippen molar-refractivity contribution in [1.82, 2.24) is 0 Å². The molecule has 6 rings (SSSR count). The molecule has 0 aromatic carbocycles. The zero-order valence-electron chi connectivity index (χ0n) is 28.1. The van der Waals surface area contributed by atoms with Gasteiger partial charge in [0, 0.05) is 29.9 Å². The Morgan fingerprint density at radius 3 is 2.35 bits per heavy atom. The fourth-order valence-corrected chi connectivity index (χ4v) is 12.8. The van der Waals surface area contributed by atoms with E-state index in [1.165, 1.54) is 0 Å². The summed E-state index contributed by atoms with van der Waals surface area (Å²) in [5, 5.41) is 33.7. The van der Waals surface area contributed by atoms with Crippen molar-refractivity contribution < 1.29 is 34.3 Å². The number of hydrogen-bond donors (Lipinski definition) is 3. The highest BCUT2D eigenvalue weighted by molar-refractivity contribution is 5.82. The topological polar surface area (TPSA) is 105 Å². The van der Waals surface area contributed by atoms with Crippen LogP contribution in [-0.4, -0.2) is 64.7 Å². The summed E-state index contributed by atoms with van der Waals surface area (Å²) in [4.78, 5) is 12.7. The van der Waals surface area contributed by atoms with Crippen molar-refractivity contribution in [2.24, 2.45) is 50.7 Å². The first-order valence-corrected chi connectivity index (χ1v) is 17.0. The molecule has 6 aliphatic rings. The van der Waals surface area contributed by atoms with Gasteiger partial charge in [0.2, 0.25) is 0 Å². The molecule has 0 radical (unpaired) electrons. The Balaban J connectivity index is 1.26. The molecular formula is C36H58O7. The van der Waals surface area contributed by atoms with E-state index < -0.39 is 23.9 Å². The maximum Gasteiger partial charge on any atom is 0.330 e. The lowest BCUT2D eigenvalue weighted by atomic mass is 9.37. The highest BCUT2D eigenvalue weighted by atomic mass is 16.7. The van der Waals surface area contributed by atoms with Crippen molar-refractivity contribution in [2.45, 2.75) is 149 Å². The lowest BCUT2D eigenvalue weighted by Crippen LogP contribution is -2.66. The molecule has 0 unspecified atom stereocenters. The van der Waals surface area contributed by atoms with Gasteiger partial charge in [-0.05, 0) is 119 Å². The van der Waals surface area contributed by atoms with E-state index >= 15 is 0 Å². The first-order chi connectivity index (χ1) is 19.9. The fourth-order valence-electron chi connectivity index (χ4n) is 12.8. The van der Waals surface area contributed by atoms with E-state index in [1.807, 2.05) is 13.8 Å². The highest BCUT2D eigenvalue weighted by Crippen LogP contribution is 2.91. The quantitative estimate of drug-likeness (QED) is 0.261. The number of aliphatic hydroxyl groups is 3. The lowest BCUT2D eigenvalue weighted by Gasteiger charge is -2.68. The molecule has 7 heteroatoms. The lowest BCUT2D eigenvalue weighted by molar-refractivity contribution is -0.245. The molecule has 6 fully saturated rings. The van der Waals surface area contributed by atoms with Gasteiger partial charge in [0.1, 0.15) is 12.2 Å². The SMILES string of the molecule is CO[C@@H]1O[C@@H]([C@H](O)C(C)(C)O)C[C@H]1[C@@H]1CC[C@]23C[C@]12CC[C@@H]1[C@@]2(C)CC[C@@H](OC(=O)C=C(C)C)C(C)(C)[C@@H]2C[C@@H](O)[C@]13C. The number of ether oxygens (including phenoxy) is 3. The molecule has 244 valence electrons. The minimum Gasteiger partial charge on any atom is -0.459 e. The number of carbonyl (C=O) groups is 1. The van der Waals surface area contributed by atoms with E-state index in [9.17, 15) is 20.1 Å². The molecule has 0 bridgehead atoms. The molecule has 7 nitrogen and oxygen atoms in total. The number of fused-ring (bicyclic) bond motifs is 3. The highest BCUT2D eigenvalue weighted by Gasteiger charge is 2.86. The first-order valence-electron chi connectivity index (χ1n) is 17.0. The van der Waals surface area contributed by atoms with Gasteiger partial charge in [-0.15, -0.1) is 0 Å². The van der Waals surface area contributed by atoms with Crippen LogP contribution in [0.15, 0.2) is 11.6 Å². The molecule has 1 aliphatic heterocycles. The third-order valence-electron chi connectivity index (χ3n) is 14.7. The summed E-state index contributed by atoms with van der Waals surface area (Å²) >= 11 is 0. The molecular weight excluding hydrogens is 544 g/mol. The summed E-state index contributed by atoms with van der Waals surface area (Å²) in [6.07, 6.45) is 8.24. The van der Waals surface area contributed by atoms with Crippen LogP contribution in [0, 0.1) is 50.7 Å². The van der Waals surface area contributed by atoms with Gasteiger partial charge in [0.25, 0.3) is 0 Å². The smallest absolute Gasteiger partial charge is 0.330 e. The van der Waals surface area contributed by atoms with Gasteiger partial charge in [0.05, 0.1) is 17.8 Å². The Morgan fingerprint density at radius 1 is 1.02 bits per heavy atom. The molecule has 13 atom stereocenters. The van der Waals surface area contributed by atoms with Crippen molar-refractivity contribution in [3.05, 3.63) is 11.6 Å². The number of esters is 1. The second kappa shape index (κ2) is 10.0. The maximum absolute atomic E-state index is 12.7. The predicted octanol–water partition coefficient (Wildman–Crippen LogP) is 5.78. The van der Waals surface area contributed by atoms with Gasteiger partial charge in [-0.25, -0.2) is 4.79 Å². The molecule has 1 heterocycles. The zero-order chi connectivity index (χ0) is 31.5. The minimum atomic E-state index is -1.24. The molecule has 0 spiro atoms. The molecule has 5 saturated carbocycles. The van der Waals surface area contributed by atoms with E-state index in [1.54, 1.807) is 27.0 Å². The van der Waals surface area contributed by atoms with Crippen molar-refractivity contribution in [3.63, 3.8) is 0 Å². The van der Waals surface area contributed by atoms with Crippen molar-refractivity contribution in [3.8, 4) is 0 Å². The van der Waals surface area contributed by atoms with Crippen LogP contribution in [0.2, 0.25) is 0 Å². The Morgan fingerprint density at radius 2 is 1.72 bits per heavy atom. The standard InChI is InChI=1S/C36H58O7/c1-20(2)16-28(38)43-27-12-13-33(7)24-11-14-35-19-36(35,34(24,8)26(37)18-25(33)31(27,3)4)15-10-22(35)21-17-23(42-30(21)41-9)29(39)32(5,6)40/h16,21-27,29-30,37,39-40H,10-15,17-19H2,1-9H3/t21-,22-,23+,24+,25-,26+,27+,29-,30+,33+,34-,35+,36+/m0/s1. The van der Waals surface area contributed by atoms with E-state index in [0.29, 0.717) is 18.3 Å². The summed E-state index contributed by atoms with van der Waals surface area (Å²) in [6.45, 7) is 16.6. The van der Waals surface area contributed by atoms with Crippen molar-refractivity contribution >= 4 is 5.97 Å². The van der Waals surface area contributed by atoms with Gasteiger partial charge in [0.15, 0.2) is 6.29 Å². The summed E-state index contributed by atoms with van der Waals surface area (Å²) < 4.78 is 18.2. The average Bonchev–Trinajstić information content (AvgIpc) is 3.23.